The highest BCUT2D eigenvalue weighted by atomic mass is 35.5. The monoisotopic (exact) mass is 627 g/mol. The highest BCUT2D eigenvalue weighted by Gasteiger charge is 2.42. The highest BCUT2D eigenvalue weighted by Crippen LogP contribution is 2.44. The summed E-state index contributed by atoms with van der Waals surface area (Å²) in [6.45, 7) is 0. The van der Waals surface area contributed by atoms with Gasteiger partial charge in [-0.15, -0.1) is 5.10 Å². The van der Waals surface area contributed by atoms with Gasteiger partial charge in [0.15, 0.2) is 5.82 Å². The van der Waals surface area contributed by atoms with E-state index >= 15 is 4.39 Å². The van der Waals surface area contributed by atoms with Crippen molar-refractivity contribution in [2.75, 3.05) is 5.32 Å². The summed E-state index contributed by atoms with van der Waals surface area (Å²) in [4.78, 5) is 38.6. The molecule has 2 N–H and O–H groups in total. The van der Waals surface area contributed by atoms with Crippen LogP contribution < -0.4 is 5.32 Å². The van der Waals surface area contributed by atoms with Crippen LogP contribution in [0.25, 0.3) is 22.5 Å². The smallest absolute Gasteiger partial charge is 0.340 e. The molecule has 0 bridgehead atoms. The zero-order chi connectivity index (χ0) is 30.7. The van der Waals surface area contributed by atoms with Crippen molar-refractivity contribution in [1.82, 2.24) is 40.1 Å². The third-order valence-corrected chi connectivity index (χ3v) is 8.39. The lowest BCUT2D eigenvalue weighted by Gasteiger charge is -2.33. The van der Waals surface area contributed by atoms with Gasteiger partial charge >= 0.3 is 6.18 Å². The van der Waals surface area contributed by atoms with E-state index in [2.05, 4.69) is 35.8 Å². The van der Waals surface area contributed by atoms with Crippen molar-refractivity contribution in [2.24, 2.45) is 5.92 Å². The van der Waals surface area contributed by atoms with E-state index < -0.39 is 23.7 Å². The Morgan fingerprint density at radius 2 is 1.93 bits per heavy atom. The van der Waals surface area contributed by atoms with Crippen molar-refractivity contribution in [3.63, 3.8) is 0 Å². The van der Waals surface area contributed by atoms with Gasteiger partial charge in [0.25, 0.3) is 0 Å². The number of nitrogens with one attached hydrogen (secondary N) is 2. The number of carbonyl (C=O) groups excluding carboxylic acids is 2. The number of pyridine rings is 1. The number of anilines is 1. The minimum atomic E-state index is -4.70. The first kappa shape index (κ1) is 28.1. The number of alkyl halides is 3. The molecule has 1 saturated carbocycles. The summed E-state index contributed by atoms with van der Waals surface area (Å²) >= 11 is 6.10. The SMILES string of the molecule is O=C(Nc1cnc(C(F)(F)F)cc1-c1cnc([C@@H]2CC[C@H]3CC(c4c(-n5cnnn5)ccc(Cl)c4F)=CC(=O)N32)[nH]1)C1CC1. The molecular weight excluding hydrogens is 606 g/mol. The van der Waals surface area contributed by atoms with Gasteiger partial charge in [-0.2, -0.15) is 17.9 Å². The van der Waals surface area contributed by atoms with Crippen LogP contribution in [0, 0.1) is 11.7 Å². The van der Waals surface area contributed by atoms with Gasteiger partial charge in [-0.1, -0.05) is 11.6 Å². The fourth-order valence-electron chi connectivity index (χ4n) is 5.86. The Bertz CT molecular complexity index is 1820. The molecule has 3 aliphatic rings. The number of fused-ring (bicyclic) bond motifs is 1. The van der Waals surface area contributed by atoms with Crippen molar-refractivity contribution in [1.29, 1.82) is 0 Å². The predicted octanol–water partition coefficient (Wildman–Crippen LogP) is 5.13. The van der Waals surface area contributed by atoms with Crippen molar-refractivity contribution >= 4 is 34.7 Å². The van der Waals surface area contributed by atoms with Gasteiger partial charge in [0.2, 0.25) is 11.8 Å². The molecule has 4 aromatic rings. The fraction of sp³-hybridized carbons (Fsp3) is 0.321. The van der Waals surface area contributed by atoms with Crippen LogP contribution >= 0.6 is 11.6 Å². The van der Waals surface area contributed by atoms with Gasteiger partial charge in [-0.05, 0) is 66.3 Å². The van der Waals surface area contributed by atoms with Crippen molar-refractivity contribution in [3.05, 3.63) is 70.9 Å². The van der Waals surface area contributed by atoms with Gasteiger partial charge in [0.05, 0.1) is 40.5 Å². The second kappa shape index (κ2) is 10.5. The van der Waals surface area contributed by atoms with Crippen LogP contribution in [0.5, 0.6) is 0 Å². The van der Waals surface area contributed by atoms with Crippen LogP contribution in [0.1, 0.15) is 55.2 Å². The molecule has 1 aromatic carbocycles. The van der Waals surface area contributed by atoms with Crippen molar-refractivity contribution in [3.8, 4) is 16.9 Å². The van der Waals surface area contributed by atoms with E-state index in [0.29, 0.717) is 36.3 Å². The number of H-pyrrole nitrogens is 1. The van der Waals surface area contributed by atoms with E-state index in [-0.39, 0.29) is 51.3 Å². The van der Waals surface area contributed by atoms with Crippen LogP contribution in [0.3, 0.4) is 0 Å². The maximum absolute atomic E-state index is 15.4. The highest BCUT2D eigenvalue weighted by molar-refractivity contribution is 6.31. The van der Waals surface area contributed by atoms with Crippen LogP contribution in [0.4, 0.5) is 23.2 Å². The molecule has 0 unspecified atom stereocenters. The normalized spacial score (nSPS) is 20.1. The van der Waals surface area contributed by atoms with E-state index in [0.717, 1.165) is 25.1 Å². The number of hydrogen-bond donors (Lipinski definition) is 2. The molecule has 1 aliphatic carbocycles. The number of imidazole rings is 1. The topological polar surface area (TPSA) is 135 Å². The second-order valence-corrected chi connectivity index (χ2v) is 11.3. The number of amides is 2. The molecule has 16 heteroatoms. The van der Waals surface area contributed by atoms with Gasteiger partial charge in [0, 0.05) is 29.2 Å². The zero-order valence-electron chi connectivity index (χ0n) is 22.6. The van der Waals surface area contributed by atoms with E-state index in [1.165, 1.54) is 29.3 Å². The number of hydrogen-bond acceptors (Lipinski definition) is 7. The lowest BCUT2D eigenvalue weighted by molar-refractivity contribution is -0.141. The number of halogens is 5. The molecule has 0 spiro atoms. The van der Waals surface area contributed by atoms with E-state index in [9.17, 15) is 22.8 Å². The molecule has 1 saturated heterocycles. The average Bonchev–Trinajstić information content (AvgIpc) is 3.34. The summed E-state index contributed by atoms with van der Waals surface area (Å²) in [5.41, 5.74) is 0.207. The third-order valence-electron chi connectivity index (χ3n) is 8.10. The van der Waals surface area contributed by atoms with Crippen LogP contribution in [-0.2, 0) is 15.8 Å². The number of aromatic amines is 1. The first-order chi connectivity index (χ1) is 21.1. The third kappa shape index (κ3) is 5.00. The summed E-state index contributed by atoms with van der Waals surface area (Å²) in [5, 5.41) is 13.6. The molecule has 2 fully saturated rings. The molecule has 2 amide bonds. The minimum Gasteiger partial charge on any atom is -0.340 e. The molecule has 5 heterocycles. The largest absolute Gasteiger partial charge is 0.433 e. The number of rotatable bonds is 6. The van der Waals surface area contributed by atoms with Crippen LogP contribution in [-0.4, -0.2) is 57.9 Å². The molecule has 2 aliphatic heterocycles. The number of nitrogens with zero attached hydrogens (tertiary/aromatic N) is 7. The summed E-state index contributed by atoms with van der Waals surface area (Å²) in [6.07, 6.45) is 3.16. The Labute approximate surface area is 251 Å². The molecule has 3 aromatic heterocycles. The maximum Gasteiger partial charge on any atom is 0.433 e. The lowest BCUT2D eigenvalue weighted by Crippen LogP contribution is -2.39. The number of aromatic nitrogens is 7. The number of tetrazole rings is 1. The molecule has 2 atom stereocenters. The Morgan fingerprint density at radius 1 is 1.11 bits per heavy atom. The number of benzene rings is 1. The first-order valence-electron chi connectivity index (χ1n) is 13.8. The van der Waals surface area contributed by atoms with Gasteiger partial charge in [-0.3, -0.25) is 9.59 Å². The quantitative estimate of drug-likeness (QED) is 0.283. The molecule has 226 valence electrons. The standard InChI is InChI=1S/C28H22ClF4N9O2/c29-17-4-6-20(41-12-36-39-40-41)24(25(17)30)14-7-15-3-5-21(42(15)23(43)8-14)26-35-11-18(37-26)16-9-22(28(31,32)33)34-10-19(16)38-27(44)13-1-2-13/h4,6,8-13,15,21H,1-3,5,7H2,(H,35,37)(H,38,44)/t15-,21-/m0/s1. The predicted molar refractivity (Wildman–Crippen MR) is 147 cm³/mol. The Kier molecular flexibility index (Phi) is 6.72. The van der Waals surface area contributed by atoms with Gasteiger partial charge < -0.3 is 15.2 Å². The Balaban J connectivity index is 1.20. The maximum atomic E-state index is 15.4. The molecule has 11 nitrogen and oxygen atoms in total. The summed E-state index contributed by atoms with van der Waals surface area (Å²) in [6, 6.07) is 3.02. The van der Waals surface area contributed by atoms with Crippen molar-refractivity contribution in [2.45, 2.75) is 50.4 Å². The number of carbonyl (C=O) groups is 2. The van der Waals surface area contributed by atoms with E-state index in [1.54, 1.807) is 11.0 Å². The summed E-state index contributed by atoms with van der Waals surface area (Å²) < 4.78 is 57.3. The zero-order valence-corrected chi connectivity index (χ0v) is 23.4. The summed E-state index contributed by atoms with van der Waals surface area (Å²) in [5.74, 6) is -1.16. The molecule has 0 radical (unpaired) electrons. The first-order valence-corrected chi connectivity index (χ1v) is 14.1. The molecule has 44 heavy (non-hydrogen) atoms. The fourth-order valence-corrected chi connectivity index (χ4v) is 6.02. The van der Waals surface area contributed by atoms with E-state index in [1.807, 2.05) is 0 Å². The second-order valence-electron chi connectivity index (χ2n) is 10.9. The Hall–Kier alpha value is -4.66. The molecule has 7 rings (SSSR count). The Morgan fingerprint density at radius 3 is 2.66 bits per heavy atom. The van der Waals surface area contributed by atoms with Crippen molar-refractivity contribution < 1.29 is 27.2 Å². The van der Waals surface area contributed by atoms with Crippen LogP contribution in [0.2, 0.25) is 5.02 Å². The van der Waals surface area contributed by atoms with Gasteiger partial charge in [-0.25, -0.2) is 14.4 Å². The minimum absolute atomic E-state index is 0.0772. The summed E-state index contributed by atoms with van der Waals surface area (Å²) in [7, 11) is 0. The van der Waals surface area contributed by atoms with E-state index in [4.69, 9.17) is 11.6 Å². The lowest BCUT2D eigenvalue weighted by atomic mass is 9.92. The van der Waals surface area contributed by atoms with Gasteiger partial charge in [0.1, 0.15) is 17.8 Å². The van der Waals surface area contributed by atoms with Crippen LogP contribution in [0.15, 0.2) is 43.0 Å². The average molecular weight is 628 g/mol. The molecular formula is C28H22ClF4N9O2.